The van der Waals surface area contributed by atoms with Crippen molar-refractivity contribution < 1.29 is 19.0 Å². The number of esters is 1. The Labute approximate surface area is 146 Å². The van der Waals surface area contributed by atoms with Crippen LogP contribution in [0, 0.1) is 0 Å². The lowest BCUT2D eigenvalue weighted by molar-refractivity contribution is -0.145. The minimum absolute atomic E-state index is 0.162. The largest absolute Gasteiger partial charge is 0.488 e. The predicted molar refractivity (Wildman–Crippen MR) is 95.5 cm³/mol. The van der Waals surface area contributed by atoms with Crippen LogP contribution in [0.25, 0.3) is 10.9 Å². The molecule has 0 aliphatic heterocycles. The predicted octanol–water partition coefficient (Wildman–Crippen LogP) is 3.41. The second-order valence-corrected chi connectivity index (χ2v) is 5.62. The van der Waals surface area contributed by atoms with Crippen molar-refractivity contribution in [2.24, 2.45) is 0 Å². The number of methoxy groups -OCH3 is 1. The zero-order valence-corrected chi connectivity index (χ0v) is 14.2. The van der Waals surface area contributed by atoms with E-state index >= 15 is 0 Å². The van der Waals surface area contributed by atoms with Crippen molar-refractivity contribution >= 4 is 16.9 Å². The fourth-order valence-corrected chi connectivity index (χ4v) is 2.62. The first kappa shape index (κ1) is 17.0. The van der Waals surface area contributed by atoms with Gasteiger partial charge in [0.1, 0.15) is 25.5 Å². The first-order chi connectivity index (χ1) is 12.3. The van der Waals surface area contributed by atoms with Crippen molar-refractivity contribution in [1.82, 2.24) is 4.57 Å². The Hall–Kier alpha value is -2.79. The summed E-state index contributed by atoms with van der Waals surface area (Å²) in [5.41, 5.74) is 2.05. The Morgan fingerprint density at radius 3 is 2.64 bits per heavy atom. The van der Waals surface area contributed by atoms with Gasteiger partial charge in [0.05, 0.1) is 12.1 Å². The maximum Gasteiger partial charge on any atom is 0.326 e. The molecule has 0 unspecified atom stereocenters. The monoisotopic (exact) mass is 339 g/mol. The Kier molecular flexibility index (Phi) is 5.69. The van der Waals surface area contributed by atoms with E-state index in [1.807, 2.05) is 65.4 Å². The van der Waals surface area contributed by atoms with Crippen molar-refractivity contribution in [2.45, 2.75) is 13.2 Å². The molecule has 5 heteroatoms. The summed E-state index contributed by atoms with van der Waals surface area (Å²) in [6, 6.07) is 17.8. The van der Waals surface area contributed by atoms with Gasteiger partial charge in [-0.15, -0.1) is 0 Å². The molecule has 0 saturated carbocycles. The highest BCUT2D eigenvalue weighted by molar-refractivity contribution is 5.87. The molecule has 0 amide bonds. The van der Waals surface area contributed by atoms with Crippen LogP contribution in [0.15, 0.2) is 60.8 Å². The zero-order chi connectivity index (χ0) is 17.5. The number of carbonyl (C=O) groups is 1. The Morgan fingerprint density at radius 1 is 1.00 bits per heavy atom. The van der Waals surface area contributed by atoms with Crippen molar-refractivity contribution in [2.75, 3.05) is 20.3 Å². The van der Waals surface area contributed by atoms with Crippen LogP contribution in [-0.2, 0) is 27.4 Å². The number of ether oxygens (including phenoxy) is 3. The molecular weight excluding hydrogens is 318 g/mol. The van der Waals surface area contributed by atoms with E-state index in [4.69, 9.17) is 14.2 Å². The summed E-state index contributed by atoms with van der Waals surface area (Å²) in [4.78, 5) is 11.9. The zero-order valence-electron chi connectivity index (χ0n) is 14.2. The molecule has 0 fully saturated rings. The third-order valence-corrected chi connectivity index (χ3v) is 3.86. The van der Waals surface area contributed by atoms with Gasteiger partial charge < -0.3 is 18.8 Å². The summed E-state index contributed by atoms with van der Waals surface area (Å²) in [5.74, 6) is 0.512. The van der Waals surface area contributed by atoms with E-state index < -0.39 is 0 Å². The second-order valence-electron chi connectivity index (χ2n) is 5.62. The van der Waals surface area contributed by atoms with E-state index in [0.717, 1.165) is 22.2 Å². The summed E-state index contributed by atoms with van der Waals surface area (Å²) in [6.45, 7) is 1.33. The molecule has 0 atom stereocenters. The highest BCUT2D eigenvalue weighted by Crippen LogP contribution is 2.27. The van der Waals surface area contributed by atoms with Gasteiger partial charge in [0.2, 0.25) is 0 Å². The molecule has 0 aliphatic rings. The van der Waals surface area contributed by atoms with E-state index in [-0.39, 0.29) is 19.1 Å². The van der Waals surface area contributed by atoms with Gasteiger partial charge >= 0.3 is 5.97 Å². The van der Waals surface area contributed by atoms with Crippen LogP contribution in [0.5, 0.6) is 5.75 Å². The minimum Gasteiger partial charge on any atom is -0.488 e. The molecule has 0 aliphatic carbocycles. The van der Waals surface area contributed by atoms with Gasteiger partial charge in [-0.2, -0.15) is 0 Å². The number of benzene rings is 2. The molecule has 130 valence electrons. The quantitative estimate of drug-likeness (QED) is 0.466. The van der Waals surface area contributed by atoms with E-state index in [1.165, 1.54) is 0 Å². The highest BCUT2D eigenvalue weighted by Gasteiger charge is 2.10. The molecule has 1 heterocycles. The van der Waals surface area contributed by atoms with Crippen LogP contribution in [0.3, 0.4) is 0 Å². The fourth-order valence-electron chi connectivity index (χ4n) is 2.62. The van der Waals surface area contributed by atoms with Crippen LogP contribution in [0.4, 0.5) is 0 Å². The van der Waals surface area contributed by atoms with Gasteiger partial charge in [-0.05, 0) is 23.8 Å². The number of nitrogens with zero attached hydrogens (tertiary/aromatic N) is 1. The SMILES string of the molecule is COCCOC(=O)Cn1ccc2c(OCc3ccccc3)cccc21. The van der Waals surface area contributed by atoms with Crippen LogP contribution >= 0.6 is 0 Å². The van der Waals surface area contributed by atoms with Crippen molar-refractivity contribution in [3.05, 3.63) is 66.4 Å². The Morgan fingerprint density at radius 2 is 1.84 bits per heavy atom. The van der Waals surface area contributed by atoms with Crippen molar-refractivity contribution in [3.8, 4) is 5.75 Å². The van der Waals surface area contributed by atoms with Gasteiger partial charge in [-0.3, -0.25) is 4.79 Å². The summed E-state index contributed by atoms with van der Waals surface area (Å²) < 4.78 is 17.8. The molecule has 0 radical (unpaired) electrons. The maximum atomic E-state index is 11.9. The lowest BCUT2D eigenvalue weighted by Crippen LogP contribution is -2.15. The standard InChI is InChI=1S/C20H21NO4/c1-23-12-13-24-20(22)14-21-11-10-17-18(21)8-5-9-19(17)25-15-16-6-3-2-4-7-16/h2-11H,12-15H2,1H3. The van der Waals surface area contributed by atoms with Gasteiger partial charge in [0.15, 0.2) is 0 Å². The van der Waals surface area contributed by atoms with E-state index in [1.54, 1.807) is 7.11 Å². The second kappa shape index (κ2) is 8.35. The average molecular weight is 339 g/mol. The van der Waals surface area contributed by atoms with E-state index in [9.17, 15) is 4.79 Å². The normalized spacial score (nSPS) is 10.8. The maximum absolute atomic E-state index is 11.9. The number of rotatable bonds is 8. The molecule has 5 nitrogen and oxygen atoms in total. The smallest absolute Gasteiger partial charge is 0.326 e. The van der Waals surface area contributed by atoms with Crippen LogP contribution < -0.4 is 4.74 Å². The summed E-state index contributed by atoms with van der Waals surface area (Å²) in [6.07, 6.45) is 1.87. The fraction of sp³-hybridized carbons (Fsp3) is 0.250. The molecule has 0 bridgehead atoms. The number of hydrogen-bond acceptors (Lipinski definition) is 4. The molecular formula is C20H21NO4. The highest BCUT2D eigenvalue weighted by atomic mass is 16.6. The lowest BCUT2D eigenvalue weighted by Gasteiger charge is -2.09. The summed E-state index contributed by atoms with van der Waals surface area (Å²) in [5, 5.41) is 0.975. The van der Waals surface area contributed by atoms with Crippen LogP contribution in [0.2, 0.25) is 0 Å². The van der Waals surface area contributed by atoms with Crippen molar-refractivity contribution in [3.63, 3.8) is 0 Å². The molecule has 1 aromatic heterocycles. The lowest BCUT2D eigenvalue weighted by atomic mass is 10.2. The molecule has 0 saturated heterocycles. The molecule has 2 aromatic carbocycles. The first-order valence-corrected chi connectivity index (χ1v) is 8.17. The molecule has 0 spiro atoms. The Balaban J connectivity index is 1.70. The third-order valence-electron chi connectivity index (χ3n) is 3.86. The van der Waals surface area contributed by atoms with E-state index in [0.29, 0.717) is 13.2 Å². The number of hydrogen-bond donors (Lipinski definition) is 0. The van der Waals surface area contributed by atoms with Crippen molar-refractivity contribution in [1.29, 1.82) is 0 Å². The molecule has 3 rings (SSSR count). The first-order valence-electron chi connectivity index (χ1n) is 8.17. The Bertz CT molecular complexity index is 826. The molecule has 3 aromatic rings. The van der Waals surface area contributed by atoms with Crippen LogP contribution in [-0.4, -0.2) is 30.9 Å². The summed E-state index contributed by atoms with van der Waals surface area (Å²) >= 11 is 0. The summed E-state index contributed by atoms with van der Waals surface area (Å²) in [7, 11) is 1.57. The minimum atomic E-state index is -0.287. The molecule has 25 heavy (non-hydrogen) atoms. The van der Waals surface area contributed by atoms with E-state index in [2.05, 4.69) is 0 Å². The van der Waals surface area contributed by atoms with Crippen LogP contribution in [0.1, 0.15) is 5.56 Å². The topological polar surface area (TPSA) is 49.7 Å². The number of carbonyl (C=O) groups excluding carboxylic acids is 1. The van der Waals surface area contributed by atoms with Gasteiger partial charge in [-0.1, -0.05) is 36.4 Å². The number of aromatic nitrogens is 1. The van der Waals surface area contributed by atoms with Gasteiger partial charge in [0, 0.05) is 18.7 Å². The third kappa shape index (κ3) is 4.39. The van der Waals surface area contributed by atoms with Gasteiger partial charge in [0.25, 0.3) is 0 Å². The molecule has 0 N–H and O–H groups in total. The van der Waals surface area contributed by atoms with Gasteiger partial charge in [-0.25, -0.2) is 0 Å². The number of fused-ring (bicyclic) bond motifs is 1. The average Bonchev–Trinajstić information content (AvgIpc) is 3.04.